The van der Waals surface area contributed by atoms with Gasteiger partial charge in [-0.15, -0.1) is 0 Å². The van der Waals surface area contributed by atoms with Crippen LogP contribution < -0.4 is 15.6 Å². The van der Waals surface area contributed by atoms with Gasteiger partial charge in [-0.2, -0.15) is 5.10 Å². The third-order valence-corrected chi connectivity index (χ3v) is 6.75. The van der Waals surface area contributed by atoms with Crippen LogP contribution >= 0.6 is 0 Å². The molecule has 0 aliphatic heterocycles. The molecule has 0 saturated heterocycles. The molecule has 1 aromatic heterocycles. The molecular weight excluding hydrogens is 444 g/mol. The Balaban J connectivity index is 1.65. The first-order valence-corrected chi connectivity index (χ1v) is 11.7. The minimum atomic E-state index is -3.53. The zero-order chi connectivity index (χ0) is 24.0. The van der Waals surface area contributed by atoms with Gasteiger partial charge in [0, 0.05) is 20.2 Å². The van der Waals surface area contributed by atoms with Crippen molar-refractivity contribution < 1.29 is 17.9 Å². The van der Waals surface area contributed by atoms with E-state index in [-0.39, 0.29) is 29.3 Å². The molecule has 0 spiro atoms. The number of benzene rings is 2. The van der Waals surface area contributed by atoms with Gasteiger partial charge in [0.25, 0.3) is 11.5 Å². The number of sulfonamides is 1. The van der Waals surface area contributed by atoms with Crippen molar-refractivity contribution in [3.63, 3.8) is 0 Å². The summed E-state index contributed by atoms with van der Waals surface area (Å²) in [4.78, 5) is 24.9. The molecule has 10 heteroatoms. The number of aromatic nitrogens is 2. The largest absolute Gasteiger partial charge is 0.492 e. The number of carbonyl (C=O) groups is 1. The molecule has 0 bridgehead atoms. The van der Waals surface area contributed by atoms with Crippen LogP contribution in [0.2, 0.25) is 0 Å². The second-order valence-electron chi connectivity index (χ2n) is 7.49. The van der Waals surface area contributed by atoms with Crippen LogP contribution in [0.3, 0.4) is 0 Å². The Morgan fingerprint density at radius 3 is 2.36 bits per heavy atom. The standard InChI is InChI=1S/C23H26N4O5S/c1-17(18-9-11-20(12-10-18)33(30,31)26(2)3)24-23(29)21-13-14-22(28)27(25-21)15-16-32-19-7-5-4-6-8-19/h4-14,17H,15-16H2,1-3H3,(H,24,29). The molecule has 0 fully saturated rings. The average Bonchev–Trinajstić information content (AvgIpc) is 2.80. The number of nitrogens with one attached hydrogen (secondary N) is 1. The van der Waals surface area contributed by atoms with Crippen molar-refractivity contribution in [3.05, 3.63) is 88.3 Å². The van der Waals surface area contributed by atoms with Gasteiger partial charge in [0.05, 0.1) is 17.5 Å². The summed E-state index contributed by atoms with van der Waals surface area (Å²) in [5, 5.41) is 6.96. The van der Waals surface area contributed by atoms with Gasteiger partial charge in [-0.25, -0.2) is 17.4 Å². The fourth-order valence-corrected chi connectivity index (χ4v) is 3.89. The first-order chi connectivity index (χ1) is 15.7. The second kappa shape index (κ2) is 10.4. The van der Waals surface area contributed by atoms with E-state index in [1.54, 1.807) is 19.1 Å². The molecule has 1 N–H and O–H groups in total. The van der Waals surface area contributed by atoms with E-state index < -0.39 is 22.0 Å². The maximum atomic E-state index is 12.7. The number of hydrogen-bond donors (Lipinski definition) is 1. The summed E-state index contributed by atoms with van der Waals surface area (Å²) in [6.45, 7) is 2.18. The average molecular weight is 471 g/mol. The van der Waals surface area contributed by atoms with Crippen molar-refractivity contribution in [1.82, 2.24) is 19.4 Å². The molecule has 1 atom stereocenters. The third-order valence-electron chi connectivity index (χ3n) is 4.92. The fourth-order valence-electron chi connectivity index (χ4n) is 2.99. The van der Waals surface area contributed by atoms with E-state index >= 15 is 0 Å². The maximum Gasteiger partial charge on any atom is 0.272 e. The molecule has 1 amide bonds. The minimum absolute atomic E-state index is 0.0907. The monoisotopic (exact) mass is 470 g/mol. The molecular formula is C23H26N4O5S. The molecule has 0 saturated carbocycles. The van der Waals surface area contributed by atoms with Crippen LogP contribution in [-0.2, 0) is 16.6 Å². The highest BCUT2D eigenvalue weighted by Crippen LogP contribution is 2.18. The smallest absolute Gasteiger partial charge is 0.272 e. The van der Waals surface area contributed by atoms with Gasteiger partial charge in [0.2, 0.25) is 10.0 Å². The zero-order valence-electron chi connectivity index (χ0n) is 18.6. The van der Waals surface area contributed by atoms with Crippen LogP contribution in [0.4, 0.5) is 0 Å². The number of para-hydroxylation sites is 1. The SMILES string of the molecule is CC(NC(=O)c1ccc(=O)n(CCOc2ccccc2)n1)c1ccc(S(=O)(=O)N(C)C)cc1. The molecule has 33 heavy (non-hydrogen) atoms. The molecule has 0 aliphatic carbocycles. The van der Waals surface area contributed by atoms with Crippen LogP contribution in [0.5, 0.6) is 5.75 Å². The third kappa shape index (κ3) is 6.05. The van der Waals surface area contributed by atoms with Crippen molar-refractivity contribution in [2.45, 2.75) is 24.4 Å². The van der Waals surface area contributed by atoms with E-state index in [2.05, 4.69) is 10.4 Å². The first-order valence-electron chi connectivity index (χ1n) is 10.3. The van der Waals surface area contributed by atoms with Crippen LogP contribution in [0, 0.1) is 0 Å². The maximum absolute atomic E-state index is 12.7. The fraction of sp³-hybridized carbons (Fsp3) is 0.261. The van der Waals surface area contributed by atoms with Crippen molar-refractivity contribution in [3.8, 4) is 5.75 Å². The molecule has 3 rings (SSSR count). The van der Waals surface area contributed by atoms with Crippen molar-refractivity contribution in [1.29, 1.82) is 0 Å². The van der Waals surface area contributed by atoms with Gasteiger partial charge in [-0.1, -0.05) is 30.3 Å². The van der Waals surface area contributed by atoms with Crippen molar-refractivity contribution >= 4 is 15.9 Å². The molecule has 2 aromatic carbocycles. The Kier molecular flexibility index (Phi) is 7.62. The van der Waals surface area contributed by atoms with E-state index in [0.717, 1.165) is 9.87 Å². The number of nitrogens with zero attached hydrogens (tertiary/aromatic N) is 3. The van der Waals surface area contributed by atoms with Gasteiger partial charge in [0.1, 0.15) is 18.1 Å². The van der Waals surface area contributed by atoms with E-state index in [9.17, 15) is 18.0 Å². The molecule has 3 aromatic rings. The van der Waals surface area contributed by atoms with Crippen LogP contribution in [0.1, 0.15) is 29.0 Å². The summed E-state index contributed by atoms with van der Waals surface area (Å²) in [6, 6.07) is 17.7. The Hall–Kier alpha value is -3.50. The topological polar surface area (TPSA) is 111 Å². The summed E-state index contributed by atoms with van der Waals surface area (Å²) in [5.41, 5.74) is 0.479. The molecule has 1 heterocycles. The number of rotatable bonds is 9. The predicted octanol–water partition coefficient (Wildman–Crippen LogP) is 2.06. The molecule has 0 aliphatic rings. The highest BCUT2D eigenvalue weighted by molar-refractivity contribution is 7.89. The Morgan fingerprint density at radius 2 is 1.73 bits per heavy atom. The summed E-state index contributed by atoms with van der Waals surface area (Å²) in [7, 11) is -0.597. The van der Waals surface area contributed by atoms with E-state index in [1.165, 1.54) is 43.0 Å². The number of amides is 1. The Labute approximate surface area is 192 Å². The van der Waals surface area contributed by atoms with Gasteiger partial charge in [-0.3, -0.25) is 9.59 Å². The predicted molar refractivity (Wildman–Crippen MR) is 124 cm³/mol. The van der Waals surface area contributed by atoms with Crippen LogP contribution in [0.15, 0.2) is 76.4 Å². The lowest BCUT2D eigenvalue weighted by atomic mass is 10.1. The molecule has 0 radical (unpaired) electrons. The zero-order valence-corrected chi connectivity index (χ0v) is 19.5. The van der Waals surface area contributed by atoms with Gasteiger partial charge in [-0.05, 0) is 42.8 Å². The minimum Gasteiger partial charge on any atom is -0.492 e. The van der Waals surface area contributed by atoms with Crippen LogP contribution in [0.25, 0.3) is 0 Å². The number of carbonyl (C=O) groups excluding carboxylic acids is 1. The summed E-state index contributed by atoms with van der Waals surface area (Å²) < 4.78 is 32.3. The summed E-state index contributed by atoms with van der Waals surface area (Å²) in [5.74, 6) is 0.225. The lowest BCUT2D eigenvalue weighted by molar-refractivity contribution is 0.0931. The summed E-state index contributed by atoms with van der Waals surface area (Å²) in [6.07, 6.45) is 0. The van der Waals surface area contributed by atoms with E-state index in [4.69, 9.17) is 4.74 Å². The summed E-state index contributed by atoms with van der Waals surface area (Å²) >= 11 is 0. The van der Waals surface area contributed by atoms with E-state index in [0.29, 0.717) is 5.75 Å². The number of ether oxygens (including phenoxy) is 1. The highest BCUT2D eigenvalue weighted by Gasteiger charge is 2.18. The van der Waals surface area contributed by atoms with Crippen molar-refractivity contribution in [2.24, 2.45) is 0 Å². The van der Waals surface area contributed by atoms with Crippen LogP contribution in [-0.4, -0.2) is 49.1 Å². The van der Waals surface area contributed by atoms with E-state index in [1.807, 2.05) is 30.3 Å². The Morgan fingerprint density at radius 1 is 1.06 bits per heavy atom. The Bertz CT molecular complexity index is 1260. The highest BCUT2D eigenvalue weighted by atomic mass is 32.2. The quantitative estimate of drug-likeness (QED) is 0.513. The normalized spacial score (nSPS) is 12.4. The molecule has 174 valence electrons. The molecule has 1 unspecified atom stereocenters. The van der Waals surface area contributed by atoms with Crippen molar-refractivity contribution in [2.75, 3.05) is 20.7 Å². The molecule has 9 nitrogen and oxygen atoms in total. The first kappa shape index (κ1) is 24.1. The van der Waals surface area contributed by atoms with Gasteiger partial charge >= 0.3 is 0 Å². The van der Waals surface area contributed by atoms with Gasteiger partial charge < -0.3 is 10.1 Å². The second-order valence-corrected chi connectivity index (χ2v) is 9.64. The lowest BCUT2D eigenvalue weighted by Gasteiger charge is -2.16. The number of hydrogen-bond acceptors (Lipinski definition) is 6. The lowest BCUT2D eigenvalue weighted by Crippen LogP contribution is -2.32. The van der Waals surface area contributed by atoms with Gasteiger partial charge in [0.15, 0.2) is 0 Å².